The number of carbonyl (C=O) groups excluding carboxylic acids is 1. The lowest BCUT2D eigenvalue weighted by Crippen LogP contribution is -2.52. The molecule has 1 aliphatic heterocycles. The number of carbonyl (C=O) groups is 1. The summed E-state index contributed by atoms with van der Waals surface area (Å²) in [6.45, 7) is 15.8. The fraction of sp³-hybridized carbons (Fsp3) is 0.762. The largest absolute Gasteiger partial charge is 0.444 e. The Labute approximate surface area is 180 Å². The van der Waals surface area contributed by atoms with Crippen molar-refractivity contribution in [2.45, 2.75) is 59.2 Å². The number of rotatable bonds is 7. The summed E-state index contributed by atoms with van der Waals surface area (Å²) < 4.78 is 10.4. The van der Waals surface area contributed by atoms with Gasteiger partial charge in [0.2, 0.25) is 0 Å². The molecule has 1 N–H and O–H groups in total. The molecular formula is C21H38N6O3. The van der Waals surface area contributed by atoms with E-state index in [0.29, 0.717) is 6.54 Å². The smallest absolute Gasteiger partial charge is 0.410 e. The number of hydrogen-bond donors (Lipinski definition) is 1. The minimum Gasteiger partial charge on any atom is -0.444 e. The molecule has 0 spiro atoms. The van der Waals surface area contributed by atoms with Crippen LogP contribution in [0.2, 0.25) is 0 Å². The van der Waals surface area contributed by atoms with Crippen LogP contribution >= 0.6 is 0 Å². The molecule has 0 radical (unpaired) electrons. The number of aromatic nitrogens is 1. The van der Waals surface area contributed by atoms with E-state index in [1.807, 2.05) is 33.8 Å². The normalized spacial score (nSPS) is 17.0. The van der Waals surface area contributed by atoms with Gasteiger partial charge >= 0.3 is 6.09 Å². The first-order valence-corrected chi connectivity index (χ1v) is 10.8. The highest BCUT2D eigenvalue weighted by atomic mass is 16.6. The highest BCUT2D eigenvalue weighted by molar-refractivity contribution is 5.80. The van der Waals surface area contributed by atoms with Gasteiger partial charge in [0.15, 0.2) is 5.96 Å². The molecule has 1 aliphatic rings. The molecule has 1 aromatic rings. The number of ether oxygens (including phenoxy) is 1. The molecule has 9 nitrogen and oxygen atoms in total. The molecule has 1 atom stereocenters. The number of guanidine groups is 1. The molecule has 2 heterocycles. The first kappa shape index (κ1) is 24.0. The van der Waals surface area contributed by atoms with Crippen molar-refractivity contribution in [2.24, 2.45) is 4.99 Å². The Morgan fingerprint density at radius 2 is 2.07 bits per heavy atom. The van der Waals surface area contributed by atoms with E-state index < -0.39 is 5.60 Å². The van der Waals surface area contributed by atoms with Crippen molar-refractivity contribution >= 4 is 12.1 Å². The number of piperazine rings is 1. The molecule has 1 amide bonds. The highest BCUT2D eigenvalue weighted by Gasteiger charge is 2.23. The fourth-order valence-electron chi connectivity index (χ4n) is 3.16. The number of nitrogens with one attached hydrogen (secondary N) is 1. The van der Waals surface area contributed by atoms with E-state index in [-0.39, 0.29) is 12.1 Å². The second-order valence-corrected chi connectivity index (χ2v) is 8.72. The van der Waals surface area contributed by atoms with Gasteiger partial charge in [-0.25, -0.2) is 4.79 Å². The van der Waals surface area contributed by atoms with Gasteiger partial charge in [-0.05, 0) is 41.0 Å². The average molecular weight is 423 g/mol. The summed E-state index contributed by atoms with van der Waals surface area (Å²) in [5.74, 6) is 0.936. The summed E-state index contributed by atoms with van der Waals surface area (Å²) in [5, 5.41) is 7.39. The predicted molar refractivity (Wildman–Crippen MR) is 117 cm³/mol. The molecule has 0 saturated carbocycles. The van der Waals surface area contributed by atoms with Crippen LogP contribution in [-0.2, 0) is 11.3 Å². The Hall–Kier alpha value is -2.29. The summed E-state index contributed by atoms with van der Waals surface area (Å²) in [4.78, 5) is 23.3. The Morgan fingerprint density at radius 3 is 2.63 bits per heavy atom. The van der Waals surface area contributed by atoms with Crippen LogP contribution in [-0.4, -0.2) is 89.9 Å². The molecular weight excluding hydrogens is 384 g/mol. The van der Waals surface area contributed by atoms with Crippen LogP contribution in [0.15, 0.2) is 21.8 Å². The zero-order valence-electron chi connectivity index (χ0n) is 19.3. The summed E-state index contributed by atoms with van der Waals surface area (Å²) >= 11 is 0. The molecule has 0 aromatic carbocycles. The Morgan fingerprint density at radius 1 is 1.37 bits per heavy atom. The zero-order valence-corrected chi connectivity index (χ0v) is 19.3. The van der Waals surface area contributed by atoms with Gasteiger partial charge in [0, 0.05) is 65.0 Å². The van der Waals surface area contributed by atoms with Gasteiger partial charge in [0.1, 0.15) is 11.9 Å². The van der Waals surface area contributed by atoms with Crippen molar-refractivity contribution in [3.05, 3.63) is 18.0 Å². The van der Waals surface area contributed by atoms with E-state index in [9.17, 15) is 4.79 Å². The second-order valence-electron chi connectivity index (χ2n) is 8.72. The maximum atomic E-state index is 12.2. The molecule has 1 aromatic heterocycles. The maximum absolute atomic E-state index is 12.2. The van der Waals surface area contributed by atoms with E-state index in [2.05, 4.69) is 27.2 Å². The first-order chi connectivity index (χ1) is 14.2. The van der Waals surface area contributed by atoms with Gasteiger partial charge in [-0.3, -0.25) is 9.89 Å². The second kappa shape index (κ2) is 11.2. The Balaban J connectivity index is 1.82. The van der Waals surface area contributed by atoms with Crippen LogP contribution in [0.25, 0.3) is 0 Å². The van der Waals surface area contributed by atoms with Crippen LogP contribution in [0.5, 0.6) is 0 Å². The van der Waals surface area contributed by atoms with E-state index in [1.165, 1.54) is 0 Å². The molecule has 0 aliphatic carbocycles. The van der Waals surface area contributed by atoms with E-state index >= 15 is 0 Å². The number of aliphatic imine (C=N–C) groups is 1. The van der Waals surface area contributed by atoms with Crippen molar-refractivity contribution in [3.8, 4) is 0 Å². The van der Waals surface area contributed by atoms with Crippen molar-refractivity contribution < 1.29 is 14.1 Å². The molecule has 1 unspecified atom stereocenters. The SMILES string of the molecule is CCNC(=NCCC(C)N(C)C(=O)OC(C)(C)C)N1CCN(Cc2ccon2)CC1. The third kappa shape index (κ3) is 7.85. The standard InChI is InChI=1S/C21H38N6O3/c1-7-22-19(23-10-8-17(2)25(6)20(28)30-21(3,4)5)27-13-11-26(12-14-27)16-18-9-15-29-24-18/h9,15,17H,7-8,10-14,16H2,1-6H3,(H,22,23). The lowest BCUT2D eigenvalue weighted by molar-refractivity contribution is 0.0231. The summed E-state index contributed by atoms with van der Waals surface area (Å²) in [6, 6.07) is 1.96. The molecule has 170 valence electrons. The maximum Gasteiger partial charge on any atom is 0.410 e. The Bertz CT molecular complexity index is 663. The first-order valence-electron chi connectivity index (χ1n) is 10.8. The van der Waals surface area contributed by atoms with Gasteiger partial charge in [0.25, 0.3) is 0 Å². The minimum atomic E-state index is -0.489. The van der Waals surface area contributed by atoms with Gasteiger partial charge in [-0.2, -0.15) is 0 Å². The van der Waals surface area contributed by atoms with E-state index in [4.69, 9.17) is 14.3 Å². The minimum absolute atomic E-state index is 0.0470. The van der Waals surface area contributed by atoms with Crippen LogP contribution in [0, 0.1) is 0 Å². The van der Waals surface area contributed by atoms with Crippen molar-refractivity contribution in [1.29, 1.82) is 0 Å². The van der Waals surface area contributed by atoms with Gasteiger partial charge < -0.3 is 24.4 Å². The summed E-state index contributed by atoms with van der Waals surface area (Å²) in [7, 11) is 1.78. The van der Waals surface area contributed by atoms with Crippen LogP contribution in [0.1, 0.15) is 46.7 Å². The number of hydrogen-bond acceptors (Lipinski definition) is 6. The van der Waals surface area contributed by atoms with Crippen LogP contribution < -0.4 is 5.32 Å². The average Bonchev–Trinajstić information content (AvgIpc) is 3.19. The van der Waals surface area contributed by atoms with E-state index in [1.54, 1.807) is 18.2 Å². The summed E-state index contributed by atoms with van der Waals surface area (Å²) in [5.41, 5.74) is 0.476. The molecule has 1 fully saturated rings. The van der Waals surface area contributed by atoms with Crippen LogP contribution in [0.3, 0.4) is 0 Å². The van der Waals surface area contributed by atoms with Gasteiger partial charge in [0.05, 0.1) is 5.69 Å². The van der Waals surface area contributed by atoms with E-state index in [0.717, 1.165) is 57.3 Å². The van der Waals surface area contributed by atoms with Crippen LogP contribution in [0.4, 0.5) is 4.79 Å². The molecule has 30 heavy (non-hydrogen) atoms. The highest BCUT2D eigenvalue weighted by Crippen LogP contribution is 2.12. The molecule has 9 heteroatoms. The third-order valence-electron chi connectivity index (χ3n) is 5.03. The fourth-order valence-corrected chi connectivity index (χ4v) is 3.16. The zero-order chi connectivity index (χ0) is 22.1. The lowest BCUT2D eigenvalue weighted by Gasteiger charge is -2.36. The number of amides is 1. The van der Waals surface area contributed by atoms with Gasteiger partial charge in [-0.15, -0.1) is 0 Å². The monoisotopic (exact) mass is 422 g/mol. The quantitative estimate of drug-likeness (QED) is 0.533. The molecule has 2 rings (SSSR count). The van der Waals surface area contributed by atoms with Gasteiger partial charge in [-0.1, -0.05) is 5.16 Å². The van der Waals surface area contributed by atoms with Crippen molar-refractivity contribution in [3.63, 3.8) is 0 Å². The summed E-state index contributed by atoms with van der Waals surface area (Å²) in [6.07, 6.45) is 2.09. The topological polar surface area (TPSA) is 86.4 Å². The lowest BCUT2D eigenvalue weighted by atomic mass is 10.2. The van der Waals surface area contributed by atoms with Crippen molar-refractivity contribution in [1.82, 2.24) is 25.2 Å². The Kier molecular flexibility index (Phi) is 8.95. The number of nitrogens with zero attached hydrogens (tertiary/aromatic N) is 5. The molecule has 0 bridgehead atoms. The molecule has 1 saturated heterocycles. The predicted octanol–water partition coefficient (Wildman–Crippen LogP) is 2.40. The van der Waals surface area contributed by atoms with Crippen molar-refractivity contribution in [2.75, 3.05) is 46.3 Å². The third-order valence-corrected chi connectivity index (χ3v) is 5.03.